The van der Waals surface area contributed by atoms with Crippen molar-refractivity contribution in [1.82, 2.24) is 0 Å². The van der Waals surface area contributed by atoms with Gasteiger partial charge in [-0.05, 0) is 59.8 Å². The molecule has 0 aliphatic rings. The van der Waals surface area contributed by atoms with Gasteiger partial charge in [-0.15, -0.1) is 0 Å². The van der Waals surface area contributed by atoms with Gasteiger partial charge in [-0.1, -0.05) is 60.7 Å². The van der Waals surface area contributed by atoms with Crippen molar-refractivity contribution in [3.63, 3.8) is 0 Å². The van der Waals surface area contributed by atoms with Crippen molar-refractivity contribution in [1.29, 1.82) is 0 Å². The second-order valence-electron chi connectivity index (χ2n) is 8.82. The van der Waals surface area contributed by atoms with Gasteiger partial charge in [-0.25, -0.2) is 8.78 Å². The van der Waals surface area contributed by atoms with E-state index in [1.54, 1.807) is 25.1 Å². The van der Waals surface area contributed by atoms with Gasteiger partial charge >= 0.3 is 0 Å². The maximum absolute atomic E-state index is 15.6. The molecule has 0 saturated heterocycles. The first kappa shape index (κ1) is 17.2. The number of aromatic nitrogens is 1. The molecule has 176 valence electrons. The lowest BCUT2D eigenvalue weighted by atomic mass is 9.96. The molecule has 4 aromatic carbocycles. The molecule has 0 bridgehead atoms. The van der Waals surface area contributed by atoms with E-state index in [1.807, 2.05) is 54.6 Å². The van der Waals surface area contributed by atoms with Crippen LogP contribution in [0.5, 0.6) is 0 Å². The molecular weight excluding hydrogens is 452 g/mol. The van der Waals surface area contributed by atoms with E-state index in [0.717, 1.165) is 15.7 Å². The number of fused-ring (bicyclic) bond motifs is 3. The first-order chi connectivity index (χ1) is 19.5. The summed E-state index contributed by atoms with van der Waals surface area (Å²) in [4.78, 5) is 0. The van der Waals surface area contributed by atoms with E-state index < -0.39 is 36.3 Å². The van der Waals surface area contributed by atoms with Gasteiger partial charge in [0.2, 0.25) is 11.9 Å². The number of aryl methyl sites for hydroxylation is 1. The van der Waals surface area contributed by atoms with Crippen molar-refractivity contribution in [3.8, 4) is 33.5 Å². The van der Waals surface area contributed by atoms with E-state index in [1.165, 1.54) is 13.1 Å². The molecular formula is C32H24F2NO+. The number of halogens is 2. The van der Waals surface area contributed by atoms with Crippen LogP contribution in [0, 0.1) is 25.4 Å². The number of hydrogen-bond acceptors (Lipinski definition) is 1. The quantitative estimate of drug-likeness (QED) is 0.232. The molecule has 0 N–H and O–H groups in total. The first-order valence-electron chi connectivity index (χ1n) is 14.0. The minimum absolute atomic E-state index is 0.0257. The van der Waals surface area contributed by atoms with Gasteiger partial charge in [0, 0.05) is 20.9 Å². The van der Waals surface area contributed by atoms with Crippen LogP contribution in [-0.2, 0) is 7.05 Å². The molecule has 0 radical (unpaired) electrons. The van der Waals surface area contributed by atoms with E-state index in [-0.39, 0.29) is 22.4 Å². The molecule has 36 heavy (non-hydrogen) atoms. The summed E-state index contributed by atoms with van der Waals surface area (Å²) in [6.07, 6.45) is -0.668. The number of pyridine rings is 1. The predicted octanol–water partition coefficient (Wildman–Crippen LogP) is 8.31. The average molecular weight is 482 g/mol. The van der Waals surface area contributed by atoms with Crippen molar-refractivity contribution in [2.75, 3.05) is 0 Å². The summed E-state index contributed by atoms with van der Waals surface area (Å²) in [6.45, 7) is -1.19. The Morgan fingerprint density at radius 2 is 1.44 bits per heavy atom. The van der Waals surface area contributed by atoms with Crippen LogP contribution in [0.1, 0.15) is 18.0 Å². The third-order valence-electron chi connectivity index (χ3n) is 6.53. The average Bonchev–Trinajstić information content (AvgIpc) is 3.31. The van der Waals surface area contributed by atoms with Crippen LogP contribution in [0.15, 0.2) is 95.5 Å². The third kappa shape index (κ3) is 3.49. The lowest BCUT2D eigenvalue weighted by Crippen LogP contribution is -2.31. The second kappa shape index (κ2) is 8.42. The number of furan rings is 1. The summed E-state index contributed by atoms with van der Waals surface area (Å²) in [7, 11) is 1.41. The summed E-state index contributed by atoms with van der Waals surface area (Å²) in [5.41, 5.74) is 3.50. The van der Waals surface area contributed by atoms with Crippen LogP contribution < -0.4 is 4.57 Å². The van der Waals surface area contributed by atoms with E-state index in [2.05, 4.69) is 0 Å². The van der Waals surface area contributed by atoms with Gasteiger partial charge in [0.1, 0.15) is 25.4 Å². The van der Waals surface area contributed by atoms with Gasteiger partial charge in [0.05, 0.1) is 12.5 Å². The lowest BCUT2D eigenvalue weighted by Gasteiger charge is -2.08. The summed E-state index contributed by atoms with van der Waals surface area (Å²) >= 11 is 0. The summed E-state index contributed by atoms with van der Waals surface area (Å²) in [6, 6.07) is 23.3. The molecule has 6 rings (SSSR count). The molecule has 0 aliphatic heterocycles. The zero-order chi connectivity index (χ0) is 29.2. The van der Waals surface area contributed by atoms with Gasteiger partial charge in [0.25, 0.3) is 0 Å². The Morgan fingerprint density at radius 1 is 0.750 bits per heavy atom. The zero-order valence-corrected chi connectivity index (χ0v) is 19.6. The van der Waals surface area contributed by atoms with Crippen molar-refractivity contribution in [2.24, 2.45) is 7.05 Å². The van der Waals surface area contributed by atoms with Crippen molar-refractivity contribution in [3.05, 3.63) is 114 Å². The number of rotatable bonds is 3. The molecule has 0 fully saturated rings. The SMILES string of the molecule is [2H]c1c(C([2H])([2H])[2H])c(F)c([2H])[n+](C)c1-c1c(C)ccc2c1oc1c(-c3cccc(-c4ccccc4)c3)c(F)ccc12. The van der Waals surface area contributed by atoms with Crippen molar-refractivity contribution < 1.29 is 24.6 Å². The smallest absolute Gasteiger partial charge is 0.216 e. The van der Waals surface area contributed by atoms with Crippen LogP contribution in [0.3, 0.4) is 0 Å². The van der Waals surface area contributed by atoms with E-state index in [9.17, 15) is 4.39 Å². The van der Waals surface area contributed by atoms with Gasteiger partial charge < -0.3 is 4.42 Å². The monoisotopic (exact) mass is 481 g/mol. The topological polar surface area (TPSA) is 17.0 Å². The van der Waals surface area contributed by atoms with Crippen LogP contribution in [0.4, 0.5) is 8.78 Å². The highest BCUT2D eigenvalue weighted by molar-refractivity contribution is 6.13. The summed E-state index contributed by atoms with van der Waals surface area (Å²) < 4.78 is 78.6. The molecule has 0 amide bonds. The van der Waals surface area contributed by atoms with Crippen LogP contribution in [0.25, 0.3) is 55.4 Å². The molecule has 0 atom stereocenters. The highest BCUT2D eigenvalue weighted by Gasteiger charge is 2.24. The molecule has 2 aromatic heterocycles. The fourth-order valence-electron chi connectivity index (χ4n) is 4.77. The molecule has 0 aliphatic carbocycles. The summed E-state index contributed by atoms with van der Waals surface area (Å²) in [5, 5.41) is 1.24. The minimum Gasteiger partial charge on any atom is -0.454 e. The molecule has 4 heteroatoms. The Labute approximate surface area is 215 Å². The Balaban J connectivity index is 1.67. The minimum atomic E-state index is -2.95. The zero-order valence-electron chi connectivity index (χ0n) is 24.6. The highest BCUT2D eigenvalue weighted by Crippen LogP contribution is 2.42. The van der Waals surface area contributed by atoms with E-state index >= 15 is 4.39 Å². The number of benzene rings is 4. The Kier molecular flexibility index (Phi) is 4.02. The fourth-order valence-corrected chi connectivity index (χ4v) is 4.77. The van der Waals surface area contributed by atoms with Gasteiger partial charge in [-0.3, -0.25) is 0 Å². The number of hydrogen-bond donors (Lipinski definition) is 0. The standard InChI is InChI=1S/C32H24F2NO/c1-19-12-13-24-25-14-15-26(33)30(23-11-7-10-22(17-23)21-8-5-4-6-9-21)32(25)36-31(24)29(19)28-16-20(2)27(34)18-35(28)3/h4-18H,1-3H3/q+1/i2D3,16D,18D. The van der Waals surface area contributed by atoms with Gasteiger partial charge in [-0.2, -0.15) is 4.57 Å². The normalized spacial score (nSPS) is 13.8. The van der Waals surface area contributed by atoms with E-state index in [0.29, 0.717) is 27.5 Å². The highest BCUT2D eigenvalue weighted by atomic mass is 19.1. The Bertz CT molecular complexity index is 2000. The predicted molar refractivity (Wildman–Crippen MR) is 141 cm³/mol. The summed E-state index contributed by atoms with van der Waals surface area (Å²) in [5.74, 6) is -1.75. The van der Waals surface area contributed by atoms with Crippen LogP contribution in [-0.4, -0.2) is 0 Å². The van der Waals surface area contributed by atoms with Crippen LogP contribution >= 0.6 is 0 Å². The number of nitrogens with zero attached hydrogens (tertiary/aromatic N) is 1. The fraction of sp³-hybridized carbons (Fsp3) is 0.0938. The molecule has 2 nitrogen and oxygen atoms in total. The van der Waals surface area contributed by atoms with Crippen molar-refractivity contribution in [2.45, 2.75) is 13.8 Å². The Hall–Kier alpha value is -4.31. The molecule has 0 unspecified atom stereocenters. The third-order valence-corrected chi connectivity index (χ3v) is 6.53. The van der Waals surface area contributed by atoms with Crippen molar-refractivity contribution >= 4 is 21.9 Å². The van der Waals surface area contributed by atoms with Crippen LogP contribution in [0.2, 0.25) is 0 Å². The molecule has 6 aromatic rings. The second-order valence-corrected chi connectivity index (χ2v) is 8.82. The van der Waals surface area contributed by atoms with E-state index in [4.69, 9.17) is 11.3 Å². The maximum Gasteiger partial charge on any atom is 0.216 e. The lowest BCUT2D eigenvalue weighted by molar-refractivity contribution is -0.662. The van der Waals surface area contributed by atoms with Gasteiger partial charge in [0.15, 0.2) is 5.82 Å². The maximum atomic E-state index is 15.6. The molecule has 0 saturated carbocycles. The Morgan fingerprint density at radius 3 is 2.22 bits per heavy atom. The first-order valence-corrected chi connectivity index (χ1v) is 11.5. The largest absolute Gasteiger partial charge is 0.454 e. The molecule has 2 heterocycles. The molecule has 0 spiro atoms.